The summed E-state index contributed by atoms with van der Waals surface area (Å²) >= 11 is 7.49. The van der Waals surface area contributed by atoms with Crippen LogP contribution in [0.2, 0.25) is 5.15 Å². The van der Waals surface area contributed by atoms with E-state index in [4.69, 9.17) is 16.3 Å². The van der Waals surface area contributed by atoms with Gasteiger partial charge in [0.2, 0.25) is 0 Å². The zero-order chi connectivity index (χ0) is 26.4. The first-order valence-electron chi connectivity index (χ1n) is 11.6. The zero-order valence-electron chi connectivity index (χ0n) is 20.3. The van der Waals surface area contributed by atoms with Crippen molar-refractivity contribution >= 4 is 45.5 Å². The van der Waals surface area contributed by atoms with Gasteiger partial charge in [-0.05, 0) is 31.2 Å². The second kappa shape index (κ2) is 9.51. The van der Waals surface area contributed by atoms with Crippen molar-refractivity contribution in [3.05, 3.63) is 87.8 Å². The third-order valence-electron chi connectivity index (χ3n) is 6.24. The number of imidazole rings is 1. The molecule has 6 rings (SSSR count). The number of pyridine rings is 3. The molecule has 0 fully saturated rings. The summed E-state index contributed by atoms with van der Waals surface area (Å²) in [5.74, 6) is 0.00446. The number of fused-ring (bicyclic) bond motifs is 2. The molecule has 5 aromatic rings. The third-order valence-corrected chi connectivity index (χ3v) is 7.44. The minimum absolute atomic E-state index is 0.113. The lowest BCUT2D eigenvalue weighted by molar-refractivity contribution is 0.0752. The van der Waals surface area contributed by atoms with Crippen molar-refractivity contribution in [3.8, 4) is 16.9 Å². The standard InChI is InChI=1S/C26H20ClN7O3S/c1-14-8-16(17-9-22(27)30-11-20(17)37-2)18(10-29-14)24(35)32-26-31-19-12-34(13-21(19)38-26)25(36)15-4-3-6-33-7-5-28-23(15)33/h3-11H,12-13H2,1-2H3,(H,31,32,35). The molecule has 38 heavy (non-hydrogen) atoms. The minimum atomic E-state index is -0.367. The Hall–Kier alpha value is -4.35. The molecular formula is C26H20ClN7O3S. The van der Waals surface area contributed by atoms with Crippen molar-refractivity contribution in [2.75, 3.05) is 12.4 Å². The molecule has 0 spiro atoms. The number of hydrogen-bond donors (Lipinski definition) is 1. The van der Waals surface area contributed by atoms with Gasteiger partial charge >= 0.3 is 0 Å². The van der Waals surface area contributed by atoms with Gasteiger partial charge in [0, 0.05) is 41.6 Å². The molecule has 12 heteroatoms. The number of thiazole rings is 1. The maximum Gasteiger partial charge on any atom is 0.259 e. The van der Waals surface area contributed by atoms with Gasteiger partial charge in [-0.1, -0.05) is 22.9 Å². The normalized spacial score (nSPS) is 12.6. The van der Waals surface area contributed by atoms with E-state index in [1.165, 1.54) is 30.8 Å². The Balaban J connectivity index is 1.22. The number of amides is 2. The van der Waals surface area contributed by atoms with Crippen molar-refractivity contribution in [1.29, 1.82) is 0 Å². The Morgan fingerprint density at radius 3 is 2.76 bits per heavy atom. The van der Waals surface area contributed by atoms with Crippen molar-refractivity contribution in [1.82, 2.24) is 29.2 Å². The topological polar surface area (TPSA) is 115 Å². The van der Waals surface area contributed by atoms with Crippen LogP contribution < -0.4 is 10.1 Å². The Kier molecular flexibility index (Phi) is 6.01. The van der Waals surface area contributed by atoms with Gasteiger partial charge in [0.1, 0.15) is 16.5 Å². The molecule has 0 aromatic carbocycles. The van der Waals surface area contributed by atoms with Crippen LogP contribution in [0.25, 0.3) is 16.8 Å². The van der Waals surface area contributed by atoms with Crippen LogP contribution in [-0.2, 0) is 13.1 Å². The molecule has 6 heterocycles. The van der Waals surface area contributed by atoms with Crippen molar-refractivity contribution in [2.24, 2.45) is 0 Å². The number of rotatable bonds is 5. The molecule has 0 atom stereocenters. The number of ether oxygens (including phenoxy) is 1. The predicted octanol–water partition coefficient (Wildman–Crippen LogP) is 4.63. The summed E-state index contributed by atoms with van der Waals surface area (Å²) in [5.41, 5.74) is 4.23. The molecule has 0 aliphatic carbocycles. The van der Waals surface area contributed by atoms with Crippen molar-refractivity contribution in [3.63, 3.8) is 0 Å². The number of aryl methyl sites for hydroxylation is 1. The fraction of sp³-hybridized carbons (Fsp3) is 0.154. The highest BCUT2D eigenvalue weighted by Gasteiger charge is 2.30. The first kappa shape index (κ1) is 24.0. The SMILES string of the molecule is COc1cnc(Cl)cc1-c1cc(C)ncc1C(=O)Nc1nc2c(s1)CN(C(=O)c1cccn3ccnc13)C2. The van der Waals surface area contributed by atoms with Crippen LogP contribution in [0.5, 0.6) is 5.75 Å². The number of carbonyl (C=O) groups excluding carboxylic acids is 2. The van der Waals surface area contributed by atoms with E-state index in [1.54, 1.807) is 35.5 Å². The number of nitrogens with one attached hydrogen (secondary N) is 1. The lowest BCUT2D eigenvalue weighted by atomic mass is 10.0. The van der Waals surface area contributed by atoms with Gasteiger partial charge < -0.3 is 14.0 Å². The van der Waals surface area contributed by atoms with Gasteiger partial charge in [-0.3, -0.25) is 19.9 Å². The number of aromatic nitrogens is 5. The molecule has 2 amide bonds. The second-order valence-corrected chi connectivity index (χ2v) is 10.1. The number of methoxy groups -OCH3 is 1. The van der Waals surface area contributed by atoms with E-state index >= 15 is 0 Å². The average molecular weight is 546 g/mol. The van der Waals surface area contributed by atoms with Gasteiger partial charge in [-0.2, -0.15) is 0 Å². The summed E-state index contributed by atoms with van der Waals surface area (Å²) in [5, 5.41) is 3.62. The predicted molar refractivity (Wildman–Crippen MR) is 143 cm³/mol. The van der Waals surface area contributed by atoms with Crippen LogP contribution in [0.3, 0.4) is 0 Å². The Labute approximate surface area is 225 Å². The molecule has 0 saturated carbocycles. The molecule has 1 aliphatic rings. The number of halogens is 1. The molecular weight excluding hydrogens is 526 g/mol. The highest BCUT2D eigenvalue weighted by molar-refractivity contribution is 7.16. The maximum atomic E-state index is 13.3. The first-order valence-corrected chi connectivity index (χ1v) is 12.8. The lowest BCUT2D eigenvalue weighted by Gasteiger charge is -2.16. The number of anilines is 1. The number of nitrogens with zero attached hydrogens (tertiary/aromatic N) is 6. The smallest absolute Gasteiger partial charge is 0.259 e. The van der Waals surface area contributed by atoms with Crippen LogP contribution in [0.1, 0.15) is 37.0 Å². The Bertz CT molecular complexity index is 1710. The monoisotopic (exact) mass is 545 g/mol. The summed E-state index contributed by atoms with van der Waals surface area (Å²) in [7, 11) is 1.53. The molecule has 0 radical (unpaired) electrons. The van der Waals surface area contributed by atoms with Crippen LogP contribution >= 0.6 is 22.9 Å². The minimum Gasteiger partial charge on any atom is -0.494 e. The highest BCUT2D eigenvalue weighted by atomic mass is 35.5. The number of hydrogen-bond acceptors (Lipinski definition) is 8. The summed E-state index contributed by atoms with van der Waals surface area (Å²) in [4.78, 5) is 46.5. The van der Waals surface area contributed by atoms with Gasteiger partial charge in [0.25, 0.3) is 11.8 Å². The van der Waals surface area contributed by atoms with E-state index < -0.39 is 0 Å². The summed E-state index contributed by atoms with van der Waals surface area (Å²) in [6, 6.07) is 7.05. The maximum absolute atomic E-state index is 13.3. The van der Waals surface area contributed by atoms with Crippen molar-refractivity contribution < 1.29 is 14.3 Å². The van der Waals surface area contributed by atoms with Crippen molar-refractivity contribution in [2.45, 2.75) is 20.0 Å². The fourth-order valence-electron chi connectivity index (χ4n) is 4.44. The molecule has 10 nitrogen and oxygen atoms in total. The molecule has 1 N–H and O–H groups in total. The zero-order valence-corrected chi connectivity index (χ0v) is 21.9. The Morgan fingerprint density at radius 1 is 1.08 bits per heavy atom. The van der Waals surface area contributed by atoms with E-state index in [1.807, 2.05) is 23.6 Å². The molecule has 190 valence electrons. The third kappa shape index (κ3) is 4.25. The Morgan fingerprint density at radius 2 is 1.95 bits per heavy atom. The van der Waals surface area contributed by atoms with Crippen LogP contribution in [0, 0.1) is 6.92 Å². The quantitative estimate of drug-likeness (QED) is 0.320. The van der Waals surface area contributed by atoms with Gasteiger partial charge in [0.05, 0.1) is 48.1 Å². The average Bonchev–Trinajstić information content (AvgIpc) is 3.63. The highest BCUT2D eigenvalue weighted by Crippen LogP contribution is 2.35. The summed E-state index contributed by atoms with van der Waals surface area (Å²) in [6.45, 7) is 2.60. The first-order chi connectivity index (χ1) is 18.4. The molecule has 0 unspecified atom stereocenters. The van der Waals surface area contributed by atoms with E-state index in [2.05, 4.69) is 25.3 Å². The largest absolute Gasteiger partial charge is 0.494 e. The van der Waals surface area contributed by atoms with Crippen LogP contribution in [0.4, 0.5) is 5.13 Å². The van der Waals surface area contributed by atoms with Crippen LogP contribution in [0.15, 0.2) is 55.2 Å². The van der Waals surface area contributed by atoms with Gasteiger partial charge in [-0.25, -0.2) is 15.0 Å². The second-order valence-electron chi connectivity index (χ2n) is 8.66. The fourth-order valence-corrected chi connectivity index (χ4v) is 5.58. The van der Waals surface area contributed by atoms with E-state index in [0.717, 1.165) is 16.3 Å². The molecule has 0 bridgehead atoms. The van der Waals surface area contributed by atoms with E-state index in [0.29, 0.717) is 51.9 Å². The molecule has 0 saturated heterocycles. The van der Waals surface area contributed by atoms with Gasteiger partial charge in [-0.15, -0.1) is 0 Å². The summed E-state index contributed by atoms with van der Waals surface area (Å²) < 4.78 is 7.26. The number of carbonyl (C=O) groups is 2. The molecule has 1 aliphatic heterocycles. The van der Waals surface area contributed by atoms with E-state index in [9.17, 15) is 9.59 Å². The summed E-state index contributed by atoms with van der Waals surface area (Å²) in [6.07, 6.45) is 8.35. The van der Waals surface area contributed by atoms with E-state index in [-0.39, 0.29) is 17.0 Å². The van der Waals surface area contributed by atoms with Crippen LogP contribution in [-0.4, -0.2) is 48.2 Å². The van der Waals surface area contributed by atoms with Gasteiger partial charge in [0.15, 0.2) is 5.13 Å². The molecule has 5 aromatic heterocycles. The lowest BCUT2D eigenvalue weighted by Crippen LogP contribution is -2.26.